The van der Waals surface area contributed by atoms with Crippen molar-refractivity contribution in [3.63, 3.8) is 0 Å². The van der Waals surface area contributed by atoms with Gasteiger partial charge in [0, 0.05) is 10.6 Å². The molecule has 0 aliphatic carbocycles. The second-order valence-corrected chi connectivity index (χ2v) is 4.37. The summed E-state index contributed by atoms with van der Waals surface area (Å²) in [5.41, 5.74) is 1.12. The van der Waals surface area contributed by atoms with E-state index in [9.17, 15) is 0 Å². The minimum Gasteiger partial charge on any atom is -0.126 e. The van der Waals surface area contributed by atoms with Crippen LogP contribution in [-0.4, -0.2) is 5.75 Å². The second-order valence-electron chi connectivity index (χ2n) is 3.20. The van der Waals surface area contributed by atoms with Crippen LogP contribution in [0.3, 0.4) is 0 Å². The Morgan fingerprint density at radius 3 is 2.71 bits per heavy atom. The van der Waals surface area contributed by atoms with Crippen LogP contribution in [0, 0.1) is 0 Å². The zero-order valence-electron chi connectivity index (χ0n) is 8.57. The number of hydrogen-bond donors (Lipinski definition) is 0. The fourth-order valence-corrected chi connectivity index (χ4v) is 1.89. The van der Waals surface area contributed by atoms with Crippen LogP contribution in [0.5, 0.6) is 0 Å². The zero-order chi connectivity index (χ0) is 10.2. The highest BCUT2D eigenvalue weighted by atomic mass is 32.2. The van der Waals surface area contributed by atoms with E-state index >= 15 is 0 Å². The lowest BCUT2D eigenvalue weighted by molar-refractivity contribution is 1.23. The largest absolute Gasteiger partial charge is 0.126 e. The molecule has 0 aliphatic rings. The highest BCUT2D eigenvalue weighted by Crippen LogP contribution is 2.17. The third-order valence-corrected chi connectivity index (χ3v) is 2.74. The monoisotopic (exact) mass is 204 g/mol. The topological polar surface area (TPSA) is 0 Å². The minimum absolute atomic E-state index is 1.10. The Morgan fingerprint density at radius 1 is 1.36 bits per heavy atom. The number of thioether (sulfide) groups is 1. The van der Waals surface area contributed by atoms with Gasteiger partial charge in [0.05, 0.1) is 0 Å². The predicted molar refractivity (Wildman–Crippen MR) is 65.7 cm³/mol. The minimum atomic E-state index is 1.10. The van der Waals surface area contributed by atoms with Gasteiger partial charge in [-0.2, -0.15) is 0 Å². The smallest absolute Gasteiger partial charge is 0.00720 e. The van der Waals surface area contributed by atoms with E-state index in [1.165, 1.54) is 4.90 Å². The molecule has 1 rings (SSSR count). The van der Waals surface area contributed by atoms with E-state index in [4.69, 9.17) is 0 Å². The molecule has 0 fully saturated rings. The number of hydrogen-bond acceptors (Lipinski definition) is 1. The van der Waals surface area contributed by atoms with Gasteiger partial charge >= 0.3 is 0 Å². The molecule has 0 N–H and O–H groups in total. The van der Waals surface area contributed by atoms with Gasteiger partial charge in [0.2, 0.25) is 0 Å². The molecule has 0 unspecified atom stereocenters. The van der Waals surface area contributed by atoms with Crippen LogP contribution in [0.1, 0.15) is 13.3 Å². The Balaban J connectivity index is 2.19. The van der Waals surface area contributed by atoms with Crippen molar-refractivity contribution in [3.8, 4) is 0 Å². The lowest BCUT2D eigenvalue weighted by Gasteiger charge is -1.97. The standard InChI is InChI=1S/C13H16S/c1-12(2)8-6-7-11-14-13-9-4-3-5-10-13/h3-6,8-10H,1,7,11H2,2H3/b8-6+. The molecule has 0 nitrogen and oxygen atoms in total. The van der Waals surface area contributed by atoms with Gasteiger partial charge < -0.3 is 0 Å². The Kier molecular flexibility index (Phi) is 5.16. The molecule has 1 aromatic rings. The van der Waals surface area contributed by atoms with Gasteiger partial charge in [-0.15, -0.1) is 11.8 Å². The summed E-state index contributed by atoms with van der Waals surface area (Å²) in [6, 6.07) is 10.5. The first-order valence-corrected chi connectivity index (χ1v) is 5.77. The first-order chi connectivity index (χ1) is 6.79. The first-order valence-electron chi connectivity index (χ1n) is 4.79. The molecule has 0 saturated carbocycles. The summed E-state index contributed by atoms with van der Waals surface area (Å²) in [7, 11) is 0. The van der Waals surface area contributed by atoms with Gasteiger partial charge in [0.15, 0.2) is 0 Å². The van der Waals surface area contributed by atoms with Crippen LogP contribution in [0.25, 0.3) is 0 Å². The van der Waals surface area contributed by atoms with E-state index in [0.29, 0.717) is 0 Å². The summed E-state index contributed by atoms with van der Waals surface area (Å²) in [4.78, 5) is 1.34. The summed E-state index contributed by atoms with van der Waals surface area (Å²) < 4.78 is 0. The Bertz CT molecular complexity index is 298. The van der Waals surface area contributed by atoms with Crippen molar-refractivity contribution in [3.05, 3.63) is 54.6 Å². The van der Waals surface area contributed by atoms with E-state index in [2.05, 4.69) is 43.0 Å². The molecule has 0 aliphatic heterocycles. The molecule has 74 valence electrons. The summed E-state index contributed by atoms with van der Waals surface area (Å²) in [5.74, 6) is 1.13. The first kappa shape index (κ1) is 11.1. The van der Waals surface area contributed by atoms with Gasteiger partial charge in [-0.1, -0.05) is 42.5 Å². The van der Waals surface area contributed by atoms with E-state index in [1.54, 1.807) is 0 Å². The van der Waals surface area contributed by atoms with Crippen molar-refractivity contribution in [2.75, 3.05) is 5.75 Å². The van der Waals surface area contributed by atoms with Crippen molar-refractivity contribution in [1.82, 2.24) is 0 Å². The van der Waals surface area contributed by atoms with Crippen LogP contribution in [0.15, 0.2) is 59.5 Å². The van der Waals surface area contributed by atoms with Crippen molar-refractivity contribution >= 4 is 11.8 Å². The SMILES string of the molecule is C=C(C)/C=C/CCSc1ccccc1. The third-order valence-electron chi connectivity index (χ3n) is 1.70. The average molecular weight is 204 g/mol. The summed E-state index contributed by atoms with van der Waals surface area (Å²) in [6.45, 7) is 5.83. The van der Waals surface area contributed by atoms with Crippen LogP contribution in [0.2, 0.25) is 0 Å². The van der Waals surface area contributed by atoms with Gasteiger partial charge in [-0.3, -0.25) is 0 Å². The van der Waals surface area contributed by atoms with Gasteiger partial charge in [0.1, 0.15) is 0 Å². The molecule has 0 aromatic heterocycles. The van der Waals surface area contributed by atoms with E-state index in [0.717, 1.165) is 17.7 Å². The molecule has 0 amide bonds. The third kappa shape index (κ3) is 4.93. The highest BCUT2D eigenvalue weighted by Gasteiger charge is 1.89. The van der Waals surface area contributed by atoms with E-state index in [-0.39, 0.29) is 0 Å². The van der Waals surface area contributed by atoms with Crippen molar-refractivity contribution in [1.29, 1.82) is 0 Å². The molecule has 0 bridgehead atoms. The number of allylic oxidation sites excluding steroid dienone is 3. The van der Waals surface area contributed by atoms with Crippen LogP contribution in [-0.2, 0) is 0 Å². The molecular formula is C13H16S. The molecule has 0 radical (unpaired) electrons. The quantitative estimate of drug-likeness (QED) is 0.391. The maximum Gasteiger partial charge on any atom is 0.00720 e. The van der Waals surface area contributed by atoms with Gasteiger partial charge in [-0.05, 0) is 25.5 Å². The fraction of sp³-hybridized carbons (Fsp3) is 0.231. The molecule has 1 aromatic carbocycles. The molecule has 0 heterocycles. The molecule has 0 spiro atoms. The van der Waals surface area contributed by atoms with Gasteiger partial charge in [0.25, 0.3) is 0 Å². The van der Waals surface area contributed by atoms with Crippen LogP contribution in [0.4, 0.5) is 0 Å². The maximum atomic E-state index is 3.82. The van der Waals surface area contributed by atoms with Crippen molar-refractivity contribution in [2.24, 2.45) is 0 Å². The zero-order valence-corrected chi connectivity index (χ0v) is 9.39. The van der Waals surface area contributed by atoms with Gasteiger partial charge in [-0.25, -0.2) is 0 Å². The molecule has 0 saturated heterocycles. The fourth-order valence-electron chi connectivity index (χ4n) is 1.05. The molecular weight excluding hydrogens is 188 g/mol. The van der Waals surface area contributed by atoms with E-state index < -0.39 is 0 Å². The Morgan fingerprint density at radius 2 is 2.07 bits per heavy atom. The van der Waals surface area contributed by atoms with E-state index in [1.807, 2.05) is 24.8 Å². The Hall–Kier alpha value is -0.950. The lowest BCUT2D eigenvalue weighted by atomic mass is 10.3. The number of benzene rings is 1. The van der Waals surface area contributed by atoms with Crippen LogP contribution < -0.4 is 0 Å². The van der Waals surface area contributed by atoms with Crippen LogP contribution >= 0.6 is 11.8 Å². The summed E-state index contributed by atoms with van der Waals surface area (Å²) >= 11 is 1.89. The normalized spacial score (nSPS) is 10.6. The highest BCUT2D eigenvalue weighted by molar-refractivity contribution is 7.99. The van der Waals surface area contributed by atoms with Crippen molar-refractivity contribution in [2.45, 2.75) is 18.2 Å². The predicted octanol–water partition coefficient (Wildman–Crippen LogP) is 4.30. The molecule has 1 heteroatoms. The second kappa shape index (κ2) is 6.50. The summed E-state index contributed by atoms with van der Waals surface area (Å²) in [6.07, 6.45) is 5.36. The summed E-state index contributed by atoms with van der Waals surface area (Å²) in [5, 5.41) is 0. The lowest BCUT2D eigenvalue weighted by Crippen LogP contribution is -1.76. The molecule has 0 atom stereocenters. The van der Waals surface area contributed by atoms with Crippen molar-refractivity contribution < 1.29 is 0 Å². The number of rotatable bonds is 5. The average Bonchev–Trinajstić information content (AvgIpc) is 2.18. The Labute approximate surface area is 90.7 Å². The maximum absolute atomic E-state index is 3.82. The molecule has 14 heavy (non-hydrogen) atoms.